The van der Waals surface area contributed by atoms with Crippen LogP contribution >= 0.6 is 0 Å². The van der Waals surface area contributed by atoms with E-state index in [4.69, 9.17) is 0 Å². The molecule has 3 heteroatoms. The molecule has 0 aliphatic rings. The Morgan fingerprint density at radius 1 is 1.19 bits per heavy atom. The van der Waals surface area contributed by atoms with Gasteiger partial charge in [-0.15, -0.1) is 0 Å². The first-order valence-electron chi connectivity index (χ1n) is 6.50. The molecule has 0 aromatic heterocycles. The van der Waals surface area contributed by atoms with Crippen LogP contribution in [0.15, 0.2) is 0 Å². The molecule has 2 atom stereocenters. The maximum Gasteiger partial charge on any atom is 0.0393 e. The fourth-order valence-corrected chi connectivity index (χ4v) is 3.28. The van der Waals surface area contributed by atoms with Crippen LogP contribution in [0.4, 0.5) is 0 Å². The second-order valence-electron chi connectivity index (χ2n) is 5.54. The van der Waals surface area contributed by atoms with Crippen molar-refractivity contribution in [2.24, 2.45) is 5.41 Å². The maximum atomic E-state index is 11.9. The molecule has 0 saturated heterocycles. The highest BCUT2D eigenvalue weighted by Crippen LogP contribution is 2.20. The van der Waals surface area contributed by atoms with E-state index in [0.29, 0.717) is 6.04 Å². The number of hydrogen-bond acceptors (Lipinski definition) is 2. The van der Waals surface area contributed by atoms with Crippen LogP contribution < -0.4 is 5.32 Å². The normalized spacial score (nSPS) is 16.1. The van der Waals surface area contributed by atoms with E-state index in [2.05, 4.69) is 39.9 Å². The quantitative estimate of drug-likeness (QED) is 0.714. The second-order valence-corrected chi connectivity index (χ2v) is 7.16. The van der Waals surface area contributed by atoms with Crippen LogP contribution in [0.1, 0.15) is 53.9 Å². The SMILES string of the molecule is CCCCS(=O)CC(NCCC)C(C)(C)C. The van der Waals surface area contributed by atoms with Crippen LogP contribution in [0.25, 0.3) is 0 Å². The third-order valence-corrected chi connectivity index (χ3v) is 4.21. The van der Waals surface area contributed by atoms with Crippen molar-refractivity contribution < 1.29 is 4.21 Å². The van der Waals surface area contributed by atoms with Crippen molar-refractivity contribution in [1.82, 2.24) is 5.32 Å². The van der Waals surface area contributed by atoms with Gasteiger partial charge in [0.05, 0.1) is 0 Å². The van der Waals surface area contributed by atoms with Gasteiger partial charge < -0.3 is 5.32 Å². The molecule has 0 radical (unpaired) electrons. The summed E-state index contributed by atoms with van der Waals surface area (Å²) in [6.07, 6.45) is 3.35. The Hall–Kier alpha value is 0.110. The highest BCUT2D eigenvalue weighted by Gasteiger charge is 2.25. The number of rotatable bonds is 8. The summed E-state index contributed by atoms with van der Waals surface area (Å²) in [5.41, 5.74) is 0.192. The summed E-state index contributed by atoms with van der Waals surface area (Å²) in [6.45, 7) is 12.0. The zero-order valence-electron chi connectivity index (χ0n) is 11.6. The van der Waals surface area contributed by atoms with Gasteiger partial charge in [-0.3, -0.25) is 4.21 Å². The number of hydrogen-bond donors (Lipinski definition) is 1. The molecule has 0 aromatic carbocycles. The first-order chi connectivity index (χ1) is 7.41. The van der Waals surface area contributed by atoms with Gasteiger partial charge in [0.15, 0.2) is 0 Å². The van der Waals surface area contributed by atoms with E-state index in [1.807, 2.05) is 0 Å². The van der Waals surface area contributed by atoms with Gasteiger partial charge >= 0.3 is 0 Å². The third-order valence-electron chi connectivity index (χ3n) is 2.76. The second kappa shape index (κ2) is 8.24. The van der Waals surface area contributed by atoms with E-state index in [1.165, 1.54) is 0 Å². The molecule has 2 unspecified atom stereocenters. The van der Waals surface area contributed by atoms with E-state index >= 15 is 0 Å². The Labute approximate surface area is 104 Å². The first-order valence-corrected chi connectivity index (χ1v) is 7.99. The largest absolute Gasteiger partial charge is 0.313 e. The van der Waals surface area contributed by atoms with Crippen LogP contribution in [-0.4, -0.2) is 28.3 Å². The first kappa shape index (κ1) is 16.1. The predicted octanol–water partition coefficient (Wildman–Crippen LogP) is 2.95. The topological polar surface area (TPSA) is 29.1 Å². The zero-order valence-corrected chi connectivity index (χ0v) is 12.5. The lowest BCUT2D eigenvalue weighted by atomic mass is 9.88. The van der Waals surface area contributed by atoms with Crippen molar-refractivity contribution in [3.63, 3.8) is 0 Å². The standard InChI is InChI=1S/C13H29NOS/c1-6-8-10-16(15)11-12(13(3,4)5)14-9-7-2/h12,14H,6-11H2,1-5H3. The zero-order chi connectivity index (χ0) is 12.6. The van der Waals surface area contributed by atoms with Gasteiger partial charge in [-0.2, -0.15) is 0 Å². The lowest BCUT2D eigenvalue weighted by Gasteiger charge is -2.31. The Morgan fingerprint density at radius 3 is 2.25 bits per heavy atom. The third kappa shape index (κ3) is 7.39. The van der Waals surface area contributed by atoms with Gasteiger partial charge in [-0.05, 0) is 24.8 Å². The Balaban J connectivity index is 4.15. The molecule has 0 aliphatic carbocycles. The molecule has 0 rings (SSSR count). The molecule has 0 saturated carbocycles. The minimum absolute atomic E-state index is 0.192. The van der Waals surface area contributed by atoms with Crippen molar-refractivity contribution in [1.29, 1.82) is 0 Å². The molecule has 0 amide bonds. The molecule has 98 valence electrons. The lowest BCUT2D eigenvalue weighted by Crippen LogP contribution is -2.44. The van der Waals surface area contributed by atoms with Gasteiger partial charge in [0.1, 0.15) is 0 Å². The maximum absolute atomic E-state index is 11.9. The van der Waals surface area contributed by atoms with Crippen molar-refractivity contribution in [3.05, 3.63) is 0 Å². The van der Waals surface area contributed by atoms with E-state index < -0.39 is 10.8 Å². The Bertz CT molecular complexity index is 199. The lowest BCUT2D eigenvalue weighted by molar-refractivity contribution is 0.290. The van der Waals surface area contributed by atoms with Crippen LogP contribution in [0.2, 0.25) is 0 Å². The summed E-state index contributed by atoms with van der Waals surface area (Å²) in [7, 11) is -0.662. The average Bonchev–Trinajstić information content (AvgIpc) is 2.19. The molecule has 0 heterocycles. The summed E-state index contributed by atoms with van der Waals surface area (Å²) < 4.78 is 11.9. The van der Waals surface area contributed by atoms with Crippen molar-refractivity contribution in [3.8, 4) is 0 Å². The van der Waals surface area contributed by atoms with Crippen LogP contribution in [0, 0.1) is 5.41 Å². The minimum atomic E-state index is -0.662. The molecular formula is C13H29NOS. The summed E-state index contributed by atoms with van der Waals surface area (Å²) in [5.74, 6) is 1.65. The van der Waals surface area contributed by atoms with Gasteiger partial charge in [0.25, 0.3) is 0 Å². The van der Waals surface area contributed by atoms with Crippen molar-refractivity contribution in [2.45, 2.75) is 59.9 Å². The fourth-order valence-electron chi connectivity index (χ4n) is 1.51. The molecule has 0 bridgehead atoms. The molecule has 16 heavy (non-hydrogen) atoms. The minimum Gasteiger partial charge on any atom is -0.313 e. The fraction of sp³-hybridized carbons (Fsp3) is 1.00. The van der Waals surface area contributed by atoms with E-state index in [0.717, 1.165) is 37.3 Å². The highest BCUT2D eigenvalue weighted by atomic mass is 32.2. The molecule has 0 aliphatic heterocycles. The highest BCUT2D eigenvalue weighted by molar-refractivity contribution is 7.85. The van der Waals surface area contributed by atoms with Crippen LogP contribution in [0.5, 0.6) is 0 Å². The Morgan fingerprint density at radius 2 is 1.81 bits per heavy atom. The summed E-state index contributed by atoms with van der Waals surface area (Å²) >= 11 is 0. The summed E-state index contributed by atoms with van der Waals surface area (Å²) in [6, 6.07) is 0.366. The average molecular weight is 247 g/mol. The van der Waals surface area contributed by atoms with Crippen molar-refractivity contribution >= 4 is 10.8 Å². The van der Waals surface area contributed by atoms with Gasteiger partial charge in [-0.1, -0.05) is 41.0 Å². The smallest absolute Gasteiger partial charge is 0.0393 e. The molecule has 1 N–H and O–H groups in total. The number of unbranched alkanes of at least 4 members (excludes halogenated alkanes) is 1. The molecule has 0 aromatic rings. The van der Waals surface area contributed by atoms with Crippen LogP contribution in [0.3, 0.4) is 0 Å². The van der Waals surface area contributed by atoms with Crippen molar-refractivity contribution in [2.75, 3.05) is 18.1 Å². The molecular weight excluding hydrogens is 218 g/mol. The molecule has 0 spiro atoms. The van der Waals surface area contributed by atoms with E-state index in [-0.39, 0.29) is 5.41 Å². The number of nitrogens with one attached hydrogen (secondary N) is 1. The van der Waals surface area contributed by atoms with E-state index in [9.17, 15) is 4.21 Å². The summed E-state index contributed by atoms with van der Waals surface area (Å²) in [5, 5.41) is 3.52. The van der Waals surface area contributed by atoms with E-state index in [1.54, 1.807) is 0 Å². The monoisotopic (exact) mass is 247 g/mol. The Kier molecular flexibility index (Phi) is 8.29. The van der Waals surface area contributed by atoms with Gasteiger partial charge in [0.2, 0.25) is 0 Å². The molecule has 0 fully saturated rings. The van der Waals surface area contributed by atoms with Crippen LogP contribution in [-0.2, 0) is 10.8 Å². The van der Waals surface area contributed by atoms with Gasteiger partial charge in [0, 0.05) is 28.3 Å². The van der Waals surface area contributed by atoms with Gasteiger partial charge in [-0.25, -0.2) is 0 Å². The molecule has 2 nitrogen and oxygen atoms in total. The summed E-state index contributed by atoms with van der Waals surface area (Å²) in [4.78, 5) is 0. The predicted molar refractivity (Wildman–Crippen MR) is 74.3 cm³/mol.